The van der Waals surface area contributed by atoms with E-state index in [1.807, 2.05) is 0 Å². The highest BCUT2D eigenvalue weighted by Crippen LogP contribution is 2.18. The molecule has 5 heteroatoms. The molecule has 0 N–H and O–H groups in total. The summed E-state index contributed by atoms with van der Waals surface area (Å²) < 4.78 is 14.3. The summed E-state index contributed by atoms with van der Waals surface area (Å²) in [6.45, 7) is 2.55. The Morgan fingerprint density at radius 3 is 2.69 bits per heavy atom. The van der Waals surface area contributed by atoms with Crippen LogP contribution in [0.1, 0.15) is 20.3 Å². The first-order valence-corrected chi connectivity index (χ1v) is 3.80. The molecule has 0 aliphatic carbocycles. The van der Waals surface area contributed by atoms with Crippen molar-refractivity contribution in [3.05, 3.63) is 12.0 Å². The van der Waals surface area contributed by atoms with Crippen LogP contribution in [0.5, 0.6) is 0 Å². The maximum Gasteiger partial charge on any atom is 0.310 e. The van der Waals surface area contributed by atoms with Gasteiger partial charge in [0.1, 0.15) is 0 Å². The number of hydrogen-bond acceptors (Lipinski definition) is 5. The minimum atomic E-state index is -0.660. The fourth-order valence-corrected chi connectivity index (χ4v) is 0.883. The first-order chi connectivity index (χ1) is 6.08. The van der Waals surface area contributed by atoms with E-state index in [2.05, 4.69) is 4.74 Å². The van der Waals surface area contributed by atoms with Crippen LogP contribution in [0, 0.1) is 0 Å². The Labute approximate surface area is 75.3 Å². The molecular formula is C8H10O5. The molecule has 0 saturated heterocycles. The van der Waals surface area contributed by atoms with Gasteiger partial charge in [-0.05, 0) is 0 Å². The summed E-state index contributed by atoms with van der Waals surface area (Å²) in [4.78, 5) is 21.0. The summed E-state index contributed by atoms with van der Waals surface area (Å²) in [5.41, 5.74) is 0. The van der Waals surface area contributed by atoms with Crippen LogP contribution >= 0.6 is 0 Å². The molecule has 0 amide bonds. The van der Waals surface area contributed by atoms with Gasteiger partial charge in [-0.15, -0.1) is 0 Å². The van der Waals surface area contributed by atoms with Crippen LogP contribution in [-0.4, -0.2) is 18.2 Å². The third-order valence-corrected chi connectivity index (χ3v) is 1.27. The highest BCUT2D eigenvalue weighted by Gasteiger charge is 2.22. The van der Waals surface area contributed by atoms with Crippen molar-refractivity contribution < 1.29 is 23.8 Å². The van der Waals surface area contributed by atoms with Crippen molar-refractivity contribution in [1.29, 1.82) is 0 Å². The Bertz CT molecular complexity index is 255. The summed E-state index contributed by atoms with van der Waals surface area (Å²) >= 11 is 0. The average Bonchev–Trinajstić information content (AvgIpc) is 2.33. The van der Waals surface area contributed by atoms with Crippen LogP contribution in [0.2, 0.25) is 0 Å². The van der Waals surface area contributed by atoms with Crippen molar-refractivity contribution in [2.24, 2.45) is 0 Å². The predicted molar refractivity (Wildman–Crippen MR) is 41.1 cm³/mol. The standard InChI is InChI=1S/C8H10O5/c1-5(9)11-7-3-4-8(13-7)12-6(2)10/h3,8H,4H2,1-2H3. The molecule has 1 aliphatic rings. The van der Waals surface area contributed by atoms with E-state index in [1.54, 1.807) is 6.08 Å². The zero-order valence-corrected chi connectivity index (χ0v) is 7.40. The second-order valence-corrected chi connectivity index (χ2v) is 2.51. The number of carbonyl (C=O) groups is 2. The first-order valence-electron chi connectivity index (χ1n) is 3.80. The molecule has 0 saturated carbocycles. The fourth-order valence-electron chi connectivity index (χ4n) is 0.883. The van der Waals surface area contributed by atoms with Gasteiger partial charge in [-0.1, -0.05) is 0 Å². The van der Waals surface area contributed by atoms with E-state index in [9.17, 15) is 9.59 Å². The monoisotopic (exact) mass is 186 g/mol. The molecule has 0 spiro atoms. The van der Waals surface area contributed by atoms with E-state index in [0.717, 1.165) is 0 Å². The molecule has 72 valence electrons. The third-order valence-electron chi connectivity index (χ3n) is 1.27. The average molecular weight is 186 g/mol. The lowest BCUT2D eigenvalue weighted by Crippen LogP contribution is -2.15. The summed E-state index contributed by atoms with van der Waals surface area (Å²) in [6.07, 6.45) is 1.30. The van der Waals surface area contributed by atoms with Gasteiger partial charge in [-0.25, -0.2) is 0 Å². The lowest BCUT2D eigenvalue weighted by Gasteiger charge is -2.11. The number of carbonyl (C=O) groups excluding carboxylic acids is 2. The summed E-state index contributed by atoms with van der Waals surface area (Å²) in [5, 5.41) is 0. The van der Waals surface area contributed by atoms with E-state index in [-0.39, 0.29) is 5.95 Å². The Morgan fingerprint density at radius 1 is 1.46 bits per heavy atom. The van der Waals surface area contributed by atoms with Crippen LogP contribution in [0.3, 0.4) is 0 Å². The Hall–Kier alpha value is -1.52. The van der Waals surface area contributed by atoms with Gasteiger partial charge in [-0.3, -0.25) is 9.59 Å². The molecule has 5 nitrogen and oxygen atoms in total. The highest BCUT2D eigenvalue weighted by molar-refractivity contribution is 5.67. The van der Waals surface area contributed by atoms with Crippen LogP contribution < -0.4 is 0 Å². The molecule has 1 rings (SSSR count). The van der Waals surface area contributed by atoms with E-state index in [0.29, 0.717) is 6.42 Å². The summed E-state index contributed by atoms with van der Waals surface area (Å²) in [7, 11) is 0. The van der Waals surface area contributed by atoms with Gasteiger partial charge in [0.15, 0.2) is 0 Å². The van der Waals surface area contributed by atoms with E-state index >= 15 is 0 Å². The predicted octanol–water partition coefficient (Wildman–Crippen LogP) is 0.700. The topological polar surface area (TPSA) is 61.8 Å². The second-order valence-electron chi connectivity index (χ2n) is 2.51. The van der Waals surface area contributed by atoms with Gasteiger partial charge in [0.05, 0.1) is 0 Å². The third kappa shape index (κ3) is 3.14. The minimum Gasteiger partial charge on any atom is -0.425 e. The van der Waals surface area contributed by atoms with Gasteiger partial charge in [0.2, 0.25) is 0 Å². The molecule has 0 aromatic rings. The van der Waals surface area contributed by atoms with Crippen LogP contribution in [0.4, 0.5) is 0 Å². The lowest BCUT2D eigenvalue weighted by molar-refractivity contribution is -0.173. The Morgan fingerprint density at radius 2 is 2.15 bits per heavy atom. The number of rotatable bonds is 2. The molecule has 1 aliphatic heterocycles. The minimum absolute atomic E-state index is 0.0961. The van der Waals surface area contributed by atoms with Crippen molar-refractivity contribution >= 4 is 11.9 Å². The number of hydrogen-bond donors (Lipinski definition) is 0. The van der Waals surface area contributed by atoms with Crippen molar-refractivity contribution in [3.63, 3.8) is 0 Å². The van der Waals surface area contributed by atoms with Gasteiger partial charge in [0.25, 0.3) is 12.2 Å². The van der Waals surface area contributed by atoms with Crippen molar-refractivity contribution in [2.75, 3.05) is 0 Å². The van der Waals surface area contributed by atoms with Gasteiger partial charge >= 0.3 is 11.9 Å². The Kier molecular flexibility index (Phi) is 2.89. The maximum absolute atomic E-state index is 10.5. The molecule has 13 heavy (non-hydrogen) atoms. The molecular weight excluding hydrogens is 176 g/mol. The summed E-state index contributed by atoms with van der Waals surface area (Å²) in [6, 6.07) is 0. The summed E-state index contributed by atoms with van der Waals surface area (Å²) in [5.74, 6) is -0.795. The van der Waals surface area contributed by atoms with Gasteiger partial charge in [-0.2, -0.15) is 0 Å². The quantitative estimate of drug-likeness (QED) is 0.594. The van der Waals surface area contributed by atoms with Crippen molar-refractivity contribution in [2.45, 2.75) is 26.6 Å². The molecule has 0 bridgehead atoms. The van der Waals surface area contributed by atoms with Crippen molar-refractivity contribution in [1.82, 2.24) is 0 Å². The second kappa shape index (κ2) is 3.93. The van der Waals surface area contributed by atoms with Gasteiger partial charge in [0, 0.05) is 26.3 Å². The molecule has 0 aromatic carbocycles. The van der Waals surface area contributed by atoms with Crippen LogP contribution in [-0.2, 0) is 23.8 Å². The first kappa shape index (κ1) is 9.57. The number of ether oxygens (including phenoxy) is 3. The molecule has 1 unspecified atom stereocenters. The van der Waals surface area contributed by atoms with Gasteiger partial charge < -0.3 is 14.2 Å². The zero-order chi connectivity index (χ0) is 9.84. The fraction of sp³-hybridized carbons (Fsp3) is 0.500. The lowest BCUT2D eigenvalue weighted by atomic mass is 10.4. The normalized spacial score (nSPS) is 20.2. The van der Waals surface area contributed by atoms with E-state index in [4.69, 9.17) is 9.47 Å². The Balaban J connectivity index is 2.33. The SMILES string of the molecule is CC(=O)OC1=CCC(OC(C)=O)O1. The van der Waals surface area contributed by atoms with E-state index in [1.165, 1.54) is 13.8 Å². The molecule has 1 atom stereocenters. The molecule has 1 heterocycles. The van der Waals surface area contributed by atoms with Crippen LogP contribution in [0.25, 0.3) is 0 Å². The molecule has 0 fully saturated rings. The van der Waals surface area contributed by atoms with Crippen molar-refractivity contribution in [3.8, 4) is 0 Å². The molecule has 0 aromatic heterocycles. The zero-order valence-electron chi connectivity index (χ0n) is 7.40. The van der Waals surface area contributed by atoms with Crippen LogP contribution in [0.15, 0.2) is 12.0 Å². The van der Waals surface area contributed by atoms with E-state index < -0.39 is 18.2 Å². The molecule has 0 radical (unpaired) electrons. The number of esters is 2. The smallest absolute Gasteiger partial charge is 0.310 e. The largest absolute Gasteiger partial charge is 0.425 e. The maximum atomic E-state index is 10.5. The highest BCUT2D eigenvalue weighted by atomic mass is 16.8.